The number of esters is 2. The highest BCUT2D eigenvalue weighted by Gasteiger charge is 2.22. The zero-order valence-electron chi connectivity index (χ0n) is 34.8. The average Bonchev–Trinajstić information content (AvgIpc) is 3.16. The van der Waals surface area contributed by atoms with Gasteiger partial charge in [-0.2, -0.15) is 0 Å². The fourth-order valence-corrected chi connectivity index (χ4v) is 6.11. The van der Waals surface area contributed by atoms with Gasteiger partial charge in [0, 0.05) is 12.8 Å². The van der Waals surface area contributed by atoms with Crippen molar-refractivity contribution in [3.63, 3.8) is 0 Å². The Morgan fingerprint density at radius 1 is 0.491 bits per heavy atom. The van der Waals surface area contributed by atoms with Crippen molar-refractivity contribution in [2.24, 2.45) is 0 Å². The standard InChI is InChI=1S/C46H79O8P/c1-3-5-7-9-11-13-15-17-19-21-22-23-24-25-27-29-31-33-35-37-39-41-46(48)54-44(43-53-55(49,50)51)42-52-45(47)40-38-36-34-32-30-28-26-20-18-16-14-12-10-8-6-4-2/h5,7,11,13-14,16-17,19-20,22-23,26,44H,3-4,6,8-10,12,15,18,21,24-25,27-43H2,1-2H3,(H2,49,50,51)/b7-5-,13-11-,16-14-,19-17-,23-22-,26-20-. The van der Waals surface area contributed by atoms with Gasteiger partial charge >= 0.3 is 19.8 Å². The molecule has 0 bridgehead atoms. The molecule has 316 valence electrons. The van der Waals surface area contributed by atoms with Crippen LogP contribution < -0.4 is 0 Å². The molecule has 1 unspecified atom stereocenters. The van der Waals surface area contributed by atoms with Crippen molar-refractivity contribution in [3.05, 3.63) is 72.9 Å². The van der Waals surface area contributed by atoms with Crippen molar-refractivity contribution in [1.29, 1.82) is 0 Å². The maximum absolute atomic E-state index is 12.4. The molecule has 8 nitrogen and oxygen atoms in total. The van der Waals surface area contributed by atoms with Gasteiger partial charge in [-0.1, -0.05) is 164 Å². The maximum atomic E-state index is 12.4. The number of carbonyl (C=O) groups excluding carboxylic acids is 2. The summed E-state index contributed by atoms with van der Waals surface area (Å²) < 4.78 is 26.4. The van der Waals surface area contributed by atoms with E-state index in [0.29, 0.717) is 12.8 Å². The van der Waals surface area contributed by atoms with Gasteiger partial charge in [-0.25, -0.2) is 4.57 Å². The van der Waals surface area contributed by atoms with Gasteiger partial charge < -0.3 is 19.3 Å². The van der Waals surface area contributed by atoms with Gasteiger partial charge in [0.1, 0.15) is 6.61 Å². The fraction of sp³-hybridized carbons (Fsp3) is 0.696. The van der Waals surface area contributed by atoms with Crippen LogP contribution in [0.15, 0.2) is 72.9 Å². The zero-order chi connectivity index (χ0) is 40.3. The minimum absolute atomic E-state index is 0.196. The molecule has 0 saturated carbocycles. The largest absolute Gasteiger partial charge is 0.469 e. The van der Waals surface area contributed by atoms with Gasteiger partial charge in [0.2, 0.25) is 0 Å². The number of phosphoric acid groups is 1. The number of rotatable bonds is 39. The number of phosphoric ester groups is 1. The van der Waals surface area contributed by atoms with Crippen molar-refractivity contribution in [2.75, 3.05) is 13.2 Å². The highest BCUT2D eigenvalue weighted by molar-refractivity contribution is 7.46. The smallest absolute Gasteiger partial charge is 0.462 e. The molecule has 0 amide bonds. The summed E-state index contributed by atoms with van der Waals surface area (Å²) >= 11 is 0. The minimum Gasteiger partial charge on any atom is -0.462 e. The molecule has 0 fully saturated rings. The molecule has 0 aromatic rings. The lowest BCUT2D eigenvalue weighted by atomic mass is 10.1. The second-order valence-electron chi connectivity index (χ2n) is 14.3. The van der Waals surface area contributed by atoms with Crippen molar-refractivity contribution < 1.29 is 37.9 Å². The summed E-state index contributed by atoms with van der Waals surface area (Å²) in [6.45, 7) is 3.54. The normalized spacial score (nSPS) is 13.2. The molecule has 0 aliphatic rings. The van der Waals surface area contributed by atoms with E-state index in [1.807, 2.05) is 0 Å². The van der Waals surface area contributed by atoms with Crippen LogP contribution in [0.1, 0.15) is 187 Å². The van der Waals surface area contributed by atoms with Crippen LogP contribution in [0.4, 0.5) is 0 Å². The monoisotopic (exact) mass is 791 g/mol. The van der Waals surface area contributed by atoms with E-state index in [-0.39, 0.29) is 19.4 Å². The van der Waals surface area contributed by atoms with Crippen LogP contribution in [0.25, 0.3) is 0 Å². The second-order valence-corrected chi connectivity index (χ2v) is 15.5. The van der Waals surface area contributed by atoms with Gasteiger partial charge in [-0.3, -0.25) is 14.1 Å². The molecule has 1 atom stereocenters. The summed E-state index contributed by atoms with van der Waals surface area (Å²) in [5, 5.41) is 0. The first-order valence-electron chi connectivity index (χ1n) is 21.7. The van der Waals surface area contributed by atoms with E-state index < -0.39 is 32.5 Å². The Morgan fingerprint density at radius 3 is 1.31 bits per heavy atom. The van der Waals surface area contributed by atoms with Crippen LogP contribution in [0.2, 0.25) is 0 Å². The van der Waals surface area contributed by atoms with Gasteiger partial charge in [0.05, 0.1) is 6.61 Å². The molecular formula is C46H79O8P. The quantitative estimate of drug-likeness (QED) is 0.0273. The van der Waals surface area contributed by atoms with Crippen molar-refractivity contribution >= 4 is 19.8 Å². The molecule has 0 heterocycles. The molecule has 0 aliphatic carbocycles. The summed E-state index contributed by atoms with van der Waals surface area (Å²) in [5.74, 6) is -0.913. The SMILES string of the molecule is CC/C=C\C/C=C\C/C=C\C/C=C\CCCCCCCCCCC(=O)OC(COC(=O)CCCCCCC/C=C\C/C=C\CCCCCC)COP(=O)(O)O. The van der Waals surface area contributed by atoms with E-state index in [4.69, 9.17) is 19.3 Å². The maximum Gasteiger partial charge on any atom is 0.469 e. The molecule has 0 spiro atoms. The minimum atomic E-state index is -4.76. The summed E-state index contributed by atoms with van der Waals surface area (Å²) in [6, 6.07) is 0. The number of hydrogen-bond acceptors (Lipinski definition) is 6. The van der Waals surface area contributed by atoms with E-state index in [0.717, 1.165) is 89.9 Å². The Kier molecular flexibility index (Phi) is 39.3. The Balaban J connectivity index is 3.95. The lowest BCUT2D eigenvalue weighted by molar-refractivity contribution is -0.161. The molecule has 0 aromatic heterocycles. The summed E-state index contributed by atoms with van der Waals surface area (Å²) in [6.07, 6.45) is 53.3. The van der Waals surface area contributed by atoms with E-state index in [2.05, 4.69) is 91.3 Å². The first-order valence-corrected chi connectivity index (χ1v) is 23.3. The van der Waals surface area contributed by atoms with E-state index >= 15 is 0 Å². The number of unbranched alkanes of at least 4 members (excludes halogenated alkanes) is 17. The van der Waals surface area contributed by atoms with Crippen LogP contribution in [0.5, 0.6) is 0 Å². The average molecular weight is 791 g/mol. The summed E-state index contributed by atoms with van der Waals surface area (Å²) in [4.78, 5) is 42.9. The van der Waals surface area contributed by atoms with E-state index in [1.165, 1.54) is 57.8 Å². The van der Waals surface area contributed by atoms with Gasteiger partial charge in [-0.15, -0.1) is 0 Å². The van der Waals surface area contributed by atoms with Crippen molar-refractivity contribution in [2.45, 2.75) is 193 Å². The number of hydrogen-bond donors (Lipinski definition) is 2. The van der Waals surface area contributed by atoms with Crippen molar-refractivity contribution in [3.8, 4) is 0 Å². The molecule has 0 rings (SSSR count). The predicted molar refractivity (Wildman–Crippen MR) is 230 cm³/mol. The molecule has 0 radical (unpaired) electrons. The fourth-order valence-electron chi connectivity index (χ4n) is 5.75. The first kappa shape index (κ1) is 52.5. The molecule has 9 heteroatoms. The van der Waals surface area contributed by atoms with Gasteiger partial charge in [0.15, 0.2) is 6.10 Å². The van der Waals surface area contributed by atoms with Crippen LogP contribution >= 0.6 is 7.82 Å². The van der Waals surface area contributed by atoms with Crippen LogP contribution in [0.3, 0.4) is 0 Å². The highest BCUT2D eigenvalue weighted by Crippen LogP contribution is 2.36. The lowest BCUT2D eigenvalue weighted by Crippen LogP contribution is -2.29. The van der Waals surface area contributed by atoms with E-state index in [9.17, 15) is 14.2 Å². The topological polar surface area (TPSA) is 119 Å². The van der Waals surface area contributed by atoms with Gasteiger partial charge in [0.25, 0.3) is 0 Å². The molecule has 55 heavy (non-hydrogen) atoms. The van der Waals surface area contributed by atoms with E-state index in [1.54, 1.807) is 0 Å². The molecule has 0 saturated heterocycles. The van der Waals surface area contributed by atoms with Crippen molar-refractivity contribution in [1.82, 2.24) is 0 Å². The summed E-state index contributed by atoms with van der Waals surface area (Å²) in [7, 11) is -4.76. The second kappa shape index (κ2) is 41.1. The molecule has 2 N–H and O–H groups in total. The Bertz CT molecular complexity index is 1120. The molecule has 0 aromatic carbocycles. The third kappa shape index (κ3) is 44.1. The number of ether oxygens (including phenoxy) is 2. The van der Waals surface area contributed by atoms with Gasteiger partial charge in [-0.05, 0) is 83.5 Å². The third-order valence-corrected chi connectivity index (χ3v) is 9.44. The third-order valence-electron chi connectivity index (χ3n) is 8.96. The molecule has 0 aliphatic heterocycles. The molecular weight excluding hydrogens is 711 g/mol. The van der Waals surface area contributed by atoms with Crippen LogP contribution in [-0.2, 0) is 28.2 Å². The Morgan fingerprint density at radius 2 is 0.873 bits per heavy atom. The Labute approximate surface area is 336 Å². The summed E-state index contributed by atoms with van der Waals surface area (Å²) in [5.41, 5.74) is 0. The zero-order valence-corrected chi connectivity index (χ0v) is 35.7. The van der Waals surface area contributed by atoms with Crippen LogP contribution in [0, 0.1) is 0 Å². The lowest BCUT2D eigenvalue weighted by Gasteiger charge is -2.18. The number of carbonyl (C=O) groups is 2. The first-order chi connectivity index (χ1) is 26.8. The van der Waals surface area contributed by atoms with Crippen LogP contribution in [-0.4, -0.2) is 41.0 Å². The predicted octanol–water partition coefficient (Wildman–Crippen LogP) is 13.5. The highest BCUT2D eigenvalue weighted by atomic mass is 31.2. The number of allylic oxidation sites excluding steroid dienone is 12. The Hall–Kier alpha value is -2.51.